The summed E-state index contributed by atoms with van der Waals surface area (Å²) in [4.78, 5) is 37.0. The number of allylic oxidation sites excluding steroid dienone is 1. The highest BCUT2D eigenvalue weighted by Gasteiger charge is 2.32. The second-order valence-corrected chi connectivity index (χ2v) is 9.82. The molecule has 1 aliphatic heterocycles. The van der Waals surface area contributed by atoms with Crippen molar-refractivity contribution in [1.29, 1.82) is 0 Å². The fourth-order valence-electron chi connectivity index (χ4n) is 4.14. The molecular formula is C29H29BrN4O7. The molecule has 0 spiro atoms. The van der Waals surface area contributed by atoms with Gasteiger partial charge in [0, 0.05) is 15.7 Å². The molecule has 4 rings (SSSR count). The van der Waals surface area contributed by atoms with Crippen molar-refractivity contribution in [3.05, 3.63) is 81.2 Å². The lowest BCUT2D eigenvalue weighted by Crippen LogP contribution is -2.45. The zero-order valence-electron chi connectivity index (χ0n) is 22.9. The average molecular weight is 625 g/mol. The van der Waals surface area contributed by atoms with Gasteiger partial charge in [-0.15, -0.1) is 0 Å². The first-order chi connectivity index (χ1) is 19.7. The highest BCUT2D eigenvalue weighted by atomic mass is 79.9. The average Bonchev–Trinajstić information content (AvgIpc) is 3.40. The van der Waals surface area contributed by atoms with Gasteiger partial charge in [-0.05, 0) is 68.3 Å². The van der Waals surface area contributed by atoms with Gasteiger partial charge in [-0.25, -0.2) is 15.0 Å². The molecule has 0 radical (unpaired) electrons. The number of hydrazone groups is 1. The number of urea groups is 1. The normalized spacial score (nSPS) is 14.9. The van der Waals surface area contributed by atoms with Crippen LogP contribution in [0.25, 0.3) is 11.3 Å². The van der Waals surface area contributed by atoms with Crippen LogP contribution in [0.15, 0.2) is 73.8 Å². The Bertz CT molecular complexity index is 1530. The van der Waals surface area contributed by atoms with Crippen molar-refractivity contribution < 1.29 is 33.0 Å². The van der Waals surface area contributed by atoms with Crippen molar-refractivity contribution in [3.63, 3.8) is 0 Å². The Balaban J connectivity index is 1.38. The van der Waals surface area contributed by atoms with E-state index in [4.69, 9.17) is 18.6 Å². The predicted molar refractivity (Wildman–Crippen MR) is 155 cm³/mol. The lowest BCUT2D eigenvalue weighted by molar-refractivity contribution is -0.139. The van der Waals surface area contributed by atoms with E-state index in [-0.39, 0.29) is 24.5 Å². The minimum atomic E-state index is -0.766. The SMILES string of the molecule is CCOC(=O)C1=C(C)NC(=O)N[C@@H]1c1ccc(OCC(=O)N/N=C/c2ccc(-c3ccc(C)cc3Br)o2)c(OC)c1. The number of halogens is 1. The highest BCUT2D eigenvalue weighted by Crippen LogP contribution is 2.35. The number of carbonyl (C=O) groups is 3. The fraction of sp³-hybridized carbons (Fsp3) is 0.241. The van der Waals surface area contributed by atoms with Gasteiger partial charge in [-0.3, -0.25) is 4.79 Å². The van der Waals surface area contributed by atoms with Crippen molar-refractivity contribution >= 4 is 40.1 Å². The van der Waals surface area contributed by atoms with E-state index in [1.807, 2.05) is 31.2 Å². The second kappa shape index (κ2) is 13.2. The van der Waals surface area contributed by atoms with E-state index in [0.717, 1.165) is 15.6 Å². The zero-order chi connectivity index (χ0) is 29.5. The molecule has 12 heteroatoms. The van der Waals surface area contributed by atoms with Gasteiger partial charge in [-0.1, -0.05) is 28.1 Å². The third kappa shape index (κ3) is 7.14. The van der Waals surface area contributed by atoms with E-state index in [1.165, 1.54) is 13.3 Å². The quantitative estimate of drug-likeness (QED) is 0.168. The van der Waals surface area contributed by atoms with Crippen LogP contribution in [0.4, 0.5) is 4.79 Å². The van der Waals surface area contributed by atoms with Gasteiger partial charge in [0.15, 0.2) is 18.1 Å². The largest absolute Gasteiger partial charge is 0.493 e. The molecule has 41 heavy (non-hydrogen) atoms. The molecular weight excluding hydrogens is 596 g/mol. The zero-order valence-corrected chi connectivity index (χ0v) is 24.5. The Labute approximate surface area is 245 Å². The topological polar surface area (TPSA) is 140 Å². The number of methoxy groups -OCH3 is 1. The van der Waals surface area contributed by atoms with E-state index >= 15 is 0 Å². The summed E-state index contributed by atoms with van der Waals surface area (Å²) < 4.78 is 22.9. The van der Waals surface area contributed by atoms with Crippen LogP contribution in [-0.4, -0.2) is 44.4 Å². The number of aryl methyl sites for hydroxylation is 1. The molecule has 1 atom stereocenters. The van der Waals surface area contributed by atoms with Gasteiger partial charge in [0.05, 0.1) is 31.5 Å². The third-order valence-electron chi connectivity index (χ3n) is 6.04. The van der Waals surface area contributed by atoms with Crippen LogP contribution < -0.4 is 25.5 Å². The molecule has 3 aromatic rings. The number of rotatable bonds is 10. The van der Waals surface area contributed by atoms with Crippen molar-refractivity contribution in [2.45, 2.75) is 26.8 Å². The molecule has 3 N–H and O–H groups in total. The number of ether oxygens (including phenoxy) is 3. The smallest absolute Gasteiger partial charge is 0.338 e. The van der Waals surface area contributed by atoms with E-state index in [0.29, 0.717) is 28.5 Å². The molecule has 0 aliphatic carbocycles. The van der Waals surface area contributed by atoms with Crippen LogP contribution in [0.5, 0.6) is 11.5 Å². The summed E-state index contributed by atoms with van der Waals surface area (Å²) >= 11 is 3.54. The Hall–Kier alpha value is -4.58. The molecule has 2 aromatic carbocycles. The summed E-state index contributed by atoms with van der Waals surface area (Å²) in [5.74, 6) is 0.656. The van der Waals surface area contributed by atoms with Gasteiger partial charge < -0.3 is 29.3 Å². The van der Waals surface area contributed by atoms with Crippen LogP contribution in [0.3, 0.4) is 0 Å². The fourth-order valence-corrected chi connectivity index (χ4v) is 4.83. The maximum Gasteiger partial charge on any atom is 0.338 e. The molecule has 1 aliphatic rings. The van der Waals surface area contributed by atoms with E-state index in [1.54, 1.807) is 38.1 Å². The minimum absolute atomic E-state index is 0.187. The molecule has 0 saturated carbocycles. The number of nitrogens with one attached hydrogen (secondary N) is 3. The molecule has 2 heterocycles. The standard InChI is InChI=1S/C29H29BrN4O7/c1-5-39-28(36)26-17(3)32-29(37)33-27(26)18-7-10-23(24(13-18)38-4)40-15-25(35)34-31-14-19-8-11-22(41-19)20-9-6-16(2)12-21(20)30/h6-14,27H,5,15H2,1-4H3,(H,34,35)(H2,32,33,37)/b31-14+/t27-/m1/s1. The van der Waals surface area contributed by atoms with Gasteiger partial charge in [0.1, 0.15) is 11.5 Å². The lowest BCUT2D eigenvalue weighted by atomic mass is 9.95. The molecule has 11 nitrogen and oxygen atoms in total. The number of hydrogen-bond acceptors (Lipinski definition) is 8. The minimum Gasteiger partial charge on any atom is -0.493 e. The molecule has 1 aromatic heterocycles. The summed E-state index contributed by atoms with van der Waals surface area (Å²) in [5, 5.41) is 9.25. The monoisotopic (exact) mass is 624 g/mol. The molecule has 0 unspecified atom stereocenters. The van der Waals surface area contributed by atoms with Gasteiger partial charge in [0.2, 0.25) is 0 Å². The second-order valence-electron chi connectivity index (χ2n) is 8.97. The molecule has 0 fully saturated rings. The highest BCUT2D eigenvalue weighted by molar-refractivity contribution is 9.10. The first kappa shape index (κ1) is 29.4. The molecule has 0 bridgehead atoms. The Morgan fingerprint density at radius 1 is 1.12 bits per heavy atom. The number of furan rings is 1. The van der Waals surface area contributed by atoms with Gasteiger partial charge >= 0.3 is 12.0 Å². The van der Waals surface area contributed by atoms with Crippen molar-refractivity contribution in [3.8, 4) is 22.8 Å². The summed E-state index contributed by atoms with van der Waals surface area (Å²) in [6.07, 6.45) is 1.39. The first-order valence-electron chi connectivity index (χ1n) is 12.6. The van der Waals surface area contributed by atoms with E-state index < -0.39 is 23.9 Å². The Morgan fingerprint density at radius 3 is 2.66 bits per heavy atom. The summed E-state index contributed by atoms with van der Waals surface area (Å²) in [6.45, 7) is 5.18. The van der Waals surface area contributed by atoms with Crippen LogP contribution in [0, 0.1) is 6.92 Å². The van der Waals surface area contributed by atoms with Crippen LogP contribution in [-0.2, 0) is 14.3 Å². The maximum atomic E-state index is 12.6. The number of amides is 3. The number of esters is 1. The number of hydrogen-bond donors (Lipinski definition) is 3. The maximum absolute atomic E-state index is 12.6. The third-order valence-corrected chi connectivity index (χ3v) is 6.70. The van der Waals surface area contributed by atoms with Gasteiger partial charge in [-0.2, -0.15) is 5.10 Å². The first-order valence-corrected chi connectivity index (χ1v) is 13.4. The molecule has 0 saturated heterocycles. The van der Waals surface area contributed by atoms with E-state index in [2.05, 4.69) is 37.1 Å². The summed E-state index contributed by atoms with van der Waals surface area (Å²) in [7, 11) is 1.44. The van der Waals surface area contributed by atoms with Crippen LogP contribution in [0.2, 0.25) is 0 Å². The summed E-state index contributed by atoms with van der Waals surface area (Å²) in [5.41, 5.74) is 5.65. The number of nitrogens with zero attached hydrogens (tertiary/aromatic N) is 1. The van der Waals surface area contributed by atoms with Crippen LogP contribution >= 0.6 is 15.9 Å². The predicted octanol–water partition coefficient (Wildman–Crippen LogP) is 4.75. The molecule has 3 amide bonds. The van der Waals surface area contributed by atoms with Crippen LogP contribution in [0.1, 0.15) is 36.8 Å². The van der Waals surface area contributed by atoms with Gasteiger partial charge in [0.25, 0.3) is 5.91 Å². The van der Waals surface area contributed by atoms with E-state index in [9.17, 15) is 14.4 Å². The van der Waals surface area contributed by atoms with Crippen molar-refractivity contribution in [2.75, 3.05) is 20.3 Å². The Morgan fingerprint density at radius 2 is 1.93 bits per heavy atom. The lowest BCUT2D eigenvalue weighted by Gasteiger charge is -2.28. The summed E-state index contributed by atoms with van der Waals surface area (Å²) in [6, 6.07) is 13.2. The van der Waals surface area contributed by atoms with Crippen molar-refractivity contribution in [2.24, 2.45) is 5.10 Å². The molecule has 214 valence electrons. The number of carbonyl (C=O) groups excluding carboxylic acids is 3. The van der Waals surface area contributed by atoms with Crippen molar-refractivity contribution in [1.82, 2.24) is 16.1 Å². The number of benzene rings is 2. The Kier molecular flexibility index (Phi) is 9.45.